The van der Waals surface area contributed by atoms with Crippen molar-refractivity contribution in [2.24, 2.45) is 5.41 Å². The summed E-state index contributed by atoms with van der Waals surface area (Å²) in [6, 6.07) is 15.5. The highest BCUT2D eigenvalue weighted by atomic mass is 35.5. The Hall–Kier alpha value is -3.32. The molecule has 0 radical (unpaired) electrons. The topological polar surface area (TPSA) is 87.7 Å². The van der Waals surface area contributed by atoms with E-state index < -0.39 is 17.4 Å². The van der Waals surface area contributed by atoms with Crippen molar-refractivity contribution in [3.8, 4) is 0 Å². The number of benzene rings is 2. The van der Waals surface area contributed by atoms with Crippen LogP contribution in [0.2, 0.25) is 0 Å². The second-order valence-electron chi connectivity index (χ2n) is 9.33. The molecule has 0 saturated heterocycles. The number of carbonyl (C=O) groups is 3. The molecule has 0 bridgehead atoms. The van der Waals surface area contributed by atoms with Gasteiger partial charge in [-0.1, -0.05) is 55.8 Å². The molecule has 192 valence electrons. The minimum Gasteiger partial charge on any atom is -0.463 e. The molecule has 36 heavy (non-hydrogen) atoms. The van der Waals surface area contributed by atoms with Gasteiger partial charge in [0, 0.05) is 18.1 Å². The van der Waals surface area contributed by atoms with Gasteiger partial charge in [0.25, 0.3) is 0 Å². The zero-order valence-corrected chi connectivity index (χ0v) is 22.0. The lowest BCUT2D eigenvalue weighted by atomic mass is 9.91. The number of esters is 1. The smallest absolute Gasteiger partial charge is 0.338 e. The third kappa shape index (κ3) is 6.08. The van der Waals surface area contributed by atoms with Crippen molar-refractivity contribution >= 4 is 40.9 Å². The van der Waals surface area contributed by atoms with Gasteiger partial charge in [-0.3, -0.25) is 9.69 Å². The van der Waals surface area contributed by atoms with Crippen LogP contribution in [0.4, 0.5) is 10.5 Å². The predicted molar refractivity (Wildman–Crippen MR) is 142 cm³/mol. The van der Waals surface area contributed by atoms with Gasteiger partial charge in [-0.05, 0) is 50.5 Å². The lowest BCUT2D eigenvalue weighted by Gasteiger charge is -2.37. The summed E-state index contributed by atoms with van der Waals surface area (Å²) in [5.74, 6) is -0.555. The molecule has 0 saturated carbocycles. The molecule has 3 rings (SSSR count). The molecule has 0 fully saturated rings. The van der Waals surface area contributed by atoms with Gasteiger partial charge in [-0.2, -0.15) is 0 Å². The Balaban J connectivity index is 2.15. The standard InChI is InChI=1S/C28H34ClN3O4/c1-5-7-16-32-24(19-12-9-8-10-13-19)22(25(33)36-6-2)23(31-27(32)35)20-14-11-15-21(17-20)30-26(34)28(3,4)18-29/h8-15,17,23H,5-7,16,18H2,1-4H3,(H,30,34)(H,31,35)/t23-/m1/s1. The summed E-state index contributed by atoms with van der Waals surface area (Å²) in [4.78, 5) is 41.1. The van der Waals surface area contributed by atoms with Crippen LogP contribution in [0, 0.1) is 5.41 Å². The molecular formula is C28H34ClN3O4. The molecule has 7 nitrogen and oxygen atoms in total. The van der Waals surface area contributed by atoms with E-state index in [1.54, 1.807) is 43.9 Å². The fraction of sp³-hybridized carbons (Fsp3) is 0.393. The minimum absolute atomic E-state index is 0.168. The number of unbranched alkanes of at least 4 members (excludes halogenated alkanes) is 1. The van der Waals surface area contributed by atoms with Gasteiger partial charge in [0.15, 0.2) is 0 Å². The van der Waals surface area contributed by atoms with E-state index >= 15 is 0 Å². The number of alkyl halides is 1. The van der Waals surface area contributed by atoms with Crippen LogP contribution in [0.15, 0.2) is 60.2 Å². The van der Waals surface area contributed by atoms with Gasteiger partial charge < -0.3 is 15.4 Å². The molecule has 2 N–H and O–H groups in total. The SMILES string of the molecule is CCCCN1C(=O)N[C@H](c2cccc(NC(=O)C(C)(C)CCl)c2)C(C(=O)OCC)=C1c1ccccc1. The number of carbonyl (C=O) groups excluding carboxylic acids is 3. The number of hydrogen-bond donors (Lipinski definition) is 2. The Labute approximate surface area is 217 Å². The average molecular weight is 512 g/mol. The second kappa shape index (κ2) is 12.1. The first kappa shape index (κ1) is 27.3. The summed E-state index contributed by atoms with van der Waals surface area (Å²) in [6.07, 6.45) is 1.67. The Bertz CT molecular complexity index is 1130. The van der Waals surface area contributed by atoms with Crippen molar-refractivity contribution < 1.29 is 19.1 Å². The molecule has 2 aromatic rings. The first-order valence-corrected chi connectivity index (χ1v) is 12.8. The third-order valence-corrected chi connectivity index (χ3v) is 6.70. The van der Waals surface area contributed by atoms with E-state index in [9.17, 15) is 14.4 Å². The molecule has 1 heterocycles. The minimum atomic E-state index is -0.762. The number of halogens is 1. The largest absolute Gasteiger partial charge is 0.463 e. The number of rotatable bonds is 10. The van der Waals surface area contributed by atoms with Crippen LogP contribution < -0.4 is 10.6 Å². The van der Waals surface area contributed by atoms with Crippen LogP contribution in [0.1, 0.15) is 57.7 Å². The molecule has 1 aliphatic heterocycles. The summed E-state index contributed by atoms with van der Waals surface area (Å²) in [5, 5.41) is 5.89. The van der Waals surface area contributed by atoms with Gasteiger partial charge in [0.1, 0.15) is 0 Å². The van der Waals surface area contributed by atoms with Gasteiger partial charge in [-0.15, -0.1) is 11.6 Å². The molecule has 3 amide bonds. The van der Waals surface area contributed by atoms with Crippen LogP contribution in [-0.4, -0.2) is 41.8 Å². The highest BCUT2D eigenvalue weighted by molar-refractivity contribution is 6.20. The maximum Gasteiger partial charge on any atom is 0.338 e. The number of ether oxygens (including phenoxy) is 1. The number of nitrogens with one attached hydrogen (secondary N) is 2. The van der Waals surface area contributed by atoms with Crippen molar-refractivity contribution in [1.29, 1.82) is 0 Å². The normalized spacial score (nSPS) is 16.0. The fourth-order valence-electron chi connectivity index (χ4n) is 3.92. The van der Waals surface area contributed by atoms with E-state index in [4.69, 9.17) is 16.3 Å². The van der Waals surface area contributed by atoms with Crippen molar-refractivity contribution in [2.45, 2.75) is 46.6 Å². The van der Waals surface area contributed by atoms with Crippen LogP contribution >= 0.6 is 11.6 Å². The quantitative estimate of drug-likeness (QED) is 0.315. The van der Waals surface area contributed by atoms with Gasteiger partial charge in [0.05, 0.1) is 29.3 Å². The van der Waals surface area contributed by atoms with E-state index in [0.29, 0.717) is 29.1 Å². The fourth-order valence-corrected chi connectivity index (χ4v) is 4.05. The number of amides is 3. The summed E-state index contributed by atoms with van der Waals surface area (Å²) >= 11 is 5.96. The van der Waals surface area contributed by atoms with Crippen LogP contribution in [-0.2, 0) is 14.3 Å². The Morgan fingerprint density at radius 2 is 1.83 bits per heavy atom. The van der Waals surface area contributed by atoms with E-state index in [0.717, 1.165) is 18.4 Å². The molecule has 1 atom stereocenters. The Kier molecular flexibility index (Phi) is 9.15. The number of nitrogens with zero attached hydrogens (tertiary/aromatic N) is 1. The molecule has 2 aromatic carbocycles. The Morgan fingerprint density at radius 1 is 1.11 bits per heavy atom. The first-order chi connectivity index (χ1) is 17.2. The monoisotopic (exact) mass is 511 g/mol. The molecule has 8 heteroatoms. The lowest BCUT2D eigenvalue weighted by Crippen LogP contribution is -2.48. The lowest BCUT2D eigenvalue weighted by molar-refractivity contribution is -0.139. The van der Waals surface area contributed by atoms with Gasteiger partial charge in [-0.25, -0.2) is 9.59 Å². The summed E-state index contributed by atoms with van der Waals surface area (Å²) in [5.41, 5.74) is 2.08. The molecule has 1 aliphatic rings. The summed E-state index contributed by atoms with van der Waals surface area (Å²) in [7, 11) is 0. The number of anilines is 1. The highest BCUT2D eigenvalue weighted by Gasteiger charge is 2.39. The van der Waals surface area contributed by atoms with E-state index in [2.05, 4.69) is 10.6 Å². The van der Waals surface area contributed by atoms with Crippen molar-refractivity contribution in [3.63, 3.8) is 0 Å². The number of hydrogen-bond acceptors (Lipinski definition) is 4. The van der Waals surface area contributed by atoms with Gasteiger partial charge >= 0.3 is 12.0 Å². The van der Waals surface area contributed by atoms with Crippen LogP contribution in [0.5, 0.6) is 0 Å². The Morgan fingerprint density at radius 3 is 2.47 bits per heavy atom. The summed E-state index contributed by atoms with van der Waals surface area (Å²) < 4.78 is 5.47. The molecule has 0 unspecified atom stereocenters. The van der Waals surface area contributed by atoms with E-state index in [-0.39, 0.29) is 24.4 Å². The molecule has 0 aliphatic carbocycles. The number of urea groups is 1. The van der Waals surface area contributed by atoms with Crippen LogP contribution in [0.25, 0.3) is 5.70 Å². The first-order valence-electron chi connectivity index (χ1n) is 12.3. The van der Waals surface area contributed by atoms with E-state index in [1.807, 2.05) is 43.3 Å². The molecular weight excluding hydrogens is 478 g/mol. The zero-order chi connectivity index (χ0) is 26.3. The average Bonchev–Trinajstić information content (AvgIpc) is 2.88. The van der Waals surface area contributed by atoms with Crippen molar-refractivity contribution in [2.75, 3.05) is 24.3 Å². The zero-order valence-electron chi connectivity index (χ0n) is 21.3. The maximum absolute atomic E-state index is 13.4. The van der Waals surface area contributed by atoms with Crippen molar-refractivity contribution in [1.82, 2.24) is 10.2 Å². The third-order valence-electron chi connectivity index (χ3n) is 6.03. The van der Waals surface area contributed by atoms with Crippen molar-refractivity contribution in [3.05, 3.63) is 71.3 Å². The predicted octanol–water partition coefficient (Wildman–Crippen LogP) is 5.73. The second-order valence-corrected chi connectivity index (χ2v) is 9.60. The maximum atomic E-state index is 13.4. The van der Waals surface area contributed by atoms with E-state index in [1.165, 1.54) is 0 Å². The van der Waals surface area contributed by atoms with Crippen LogP contribution in [0.3, 0.4) is 0 Å². The summed E-state index contributed by atoms with van der Waals surface area (Å²) in [6.45, 7) is 7.99. The molecule has 0 aromatic heterocycles. The van der Waals surface area contributed by atoms with Gasteiger partial charge in [0.2, 0.25) is 5.91 Å². The molecule has 0 spiro atoms. The highest BCUT2D eigenvalue weighted by Crippen LogP contribution is 2.37.